The van der Waals surface area contributed by atoms with Crippen molar-refractivity contribution in [1.29, 1.82) is 0 Å². The Hall–Kier alpha value is -1.72. The van der Waals surface area contributed by atoms with Gasteiger partial charge in [0.25, 0.3) is 0 Å². The molecule has 1 aliphatic rings. The van der Waals surface area contributed by atoms with Crippen LogP contribution in [0.3, 0.4) is 0 Å². The van der Waals surface area contributed by atoms with Crippen LogP contribution in [-0.2, 0) is 4.74 Å². The molecule has 0 unspecified atom stereocenters. The summed E-state index contributed by atoms with van der Waals surface area (Å²) in [6.45, 7) is 1.53. The minimum Gasteiger partial charge on any atom is -0.383 e. The Morgan fingerprint density at radius 1 is 1.23 bits per heavy atom. The maximum absolute atomic E-state index is 11.5. The number of nitrogens with two attached hydrogens (primary N) is 1. The molecule has 0 aliphatic carbocycles. The van der Waals surface area contributed by atoms with Gasteiger partial charge in [-0.1, -0.05) is 12.1 Å². The van der Waals surface area contributed by atoms with Crippen LogP contribution < -0.4 is 5.73 Å². The molecular weight excluding hydrogens is 344 g/mol. The summed E-state index contributed by atoms with van der Waals surface area (Å²) in [5.74, 6) is 0.859. The predicted molar refractivity (Wildman–Crippen MR) is 90.0 cm³/mol. The van der Waals surface area contributed by atoms with Gasteiger partial charge in [0.1, 0.15) is 12.1 Å². The van der Waals surface area contributed by atoms with E-state index >= 15 is 0 Å². The van der Waals surface area contributed by atoms with Crippen LogP contribution >= 0.6 is 15.9 Å². The van der Waals surface area contributed by atoms with Gasteiger partial charge in [0, 0.05) is 30.5 Å². The molecule has 0 saturated carbocycles. The molecule has 1 aliphatic heterocycles. The number of anilines is 1. The number of rotatable bonds is 3. The van der Waals surface area contributed by atoms with Crippen molar-refractivity contribution in [2.24, 2.45) is 0 Å². The van der Waals surface area contributed by atoms with Gasteiger partial charge in [-0.05, 0) is 57.9 Å². The van der Waals surface area contributed by atoms with Gasteiger partial charge in [-0.15, -0.1) is 0 Å². The number of nitrogen functional groups attached to an aromatic ring is 1. The number of hydrogen-bond donors (Lipinski definition) is 1. The van der Waals surface area contributed by atoms with Crippen LogP contribution in [0.25, 0.3) is 11.1 Å². The van der Waals surface area contributed by atoms with E-state index in [2.05, 4.69) is 27.0 Å². The number of ether oxygens (including phenoxy) is 1. The maximum Gasteiger partial charge on any atom is 0.150 e. The number of aromatic nitrogens is 1. The second kappa shape index (κ2) is 6.58. The van der Waals surface area contributed by atoms with Crippen LogP contribution in [0.4, 0.5) is 5.82 Å². The number of pyridine rings is 1. The molecule has 2 N–H and O–H groups in total. The lowest BCUT2D eigenvalue weighted by molar-refractivity contribution is 0.0849. The summed E-state index contributed by atoms with van der Waals surface area (Å²) in [6.07, 6.45) is 4.59. The first-order valence-electron chi connectivity index (χ1n) is 7.27. The highest BCUT2D eigenvalue weighted by Crippen LogP contribution is 2.32. The molecule has 5 heteroatoms. The van der Waals surface area contributed by atoms with Crippen molar-refractivity contribution < 1.29 is 9.53 Å². The standard InChI is InChI=1S/C17H17BrN2O2/c18-16-8-13(9-20-17(16)19)12-1-2-15(14(7-12)10-21)11-3-5-22-6-4-11/h1-2,7-11H,3-6H2,(H2,19,20). The minimum absolute atomic E-state index is 0.402. The van der Waals surface area contributed by atoms with Gasteiger partial charge in [0.15, 0.2) is 0 Å². The van der Waals surface area contributed by atoms with Crippen LogP contribution in [0, 0.1) is 0 Å². The van der Waals surface area contributed by atoms with Crippen LogP contribution in [0.1, 0.15) is 34.7 Å². The maximum atomic E-state index is 11.5. The topological polar surface area (TPSA) is 65.2 Å². The van der Waals surface area contributed by atoms with Crippen molar-refractivity contribution in [2.75, 3.05) is 18.9 Å². The van der Waals surface area contributed by atoms with Gasteiger partial charge in [-0.3, -0.25) is 4.79 Å². The van der Waals surface area contributed by atoms with Crippen molar-refractivity contribution in [1.82, 2.24) is 4.98 Å². The van der Waals surface area contributed by atoms with E-state index in [1.807, 2.05) is 18.2 Å². The monoisotopic (exact) mass is 360 g/mol. The summed E-state index contributed by atoms with van der Waals surface area (Å²) in [5.41, 5.74) is 9.48. The Kier molecular flexibility index (Phi) is 4.55. The van der Waals surface area contributed by atoms with Crippen molar-refractivity contribution in [3.05, 3.63) is 46.1 Å². The quantitative estimate of drug-likeness (QED) is 0.845. The highest BCUT2D eigenvalue weighted by molar-refractivity contribution is 9.10. The Labute approximate surface area is 137 Å². The third-order valence-electron chi connectivity index (χ3n) is 4.08. The first-order valence-corrected chi connectivity index (χ1v) is 8.06. The summed E-state index contributed by atoms with van der Waals surface area (Å²) in [6, 6.07) is 7.94. The van der Waals surface area contributed by atoms with E-state index in [4.69, 9.17) is 10.5 Å². The third-order valence-corrected chi connectivity index (χ3v) is 4.71. The lowest BCUT2D eigenvalue weighted by Gasteiger charge is -2.23. The molecule has 2 aromatic rings. The fourth-order valence-electron chi connectivity index (χ4n) is 2.84. The fourth-order valence-corrected chi connectivity index (χ4v) is 3.19. The number of hydrogen-bond acceptors (Lipinski definition) is 4. The lowest BCUT2D eigenvalue weighted by atomic mass is 9.87. The van der Waals surface area contributed by atoms with E-state index in [-0.39, 0.29) is 0 Å². The minimum atomic E-state index is 0.402. The number of carbonyl (C=O) groups excluding carboxylic acids is 1. The third kappa shape index (κ3) is 3.05. The van der Waals surface area contributed by atoms with E-state index in [1.165, 1.54) is 0 Å². The Bertz CT molecular complexity index is 697. The van der Waals surface area contributed by atoms with Crippen LogP contribution in [0.15, 0.2) is 34.9 Å². The Morgan fingerprint density at radius 2 is 2.00 bits per heavy atom. The molecule has 2 heterocycles. The van der Waals surface area contributed by atoms with Gasteiger partial charge in [-0.25, -0.2) is 4.98 Å². The van der Waals surface area contributed by atoms with Crippen molar-refractivity contribution >= 4 is 28.0 Å². The largest absolute Gasteiger partial charge is 0.383 e. The van der Waals surface area contributed by atoms with E-state index in [0.29, 0.717) is 11.7 Å². The molecule has 22 heavy (non-hydrogen) atoms. The average molecular weight is 361 g/mol. The molecule has 0 spiro atoms. The number of aldehydes is 1. The van der Waals surface area contributed by atoms with Crippen LogP contribution in [0.5, 0.6) is 0 Å². The zero-order valence-corrected chi connectivity index (χ0v) is 13.7. The zero-order chi connectivity index (χ0) is 15.5. The summed E-state index contributed by atoms with van der Waals surface area (Å²) < 4.78 is 6.15. The molecular formula is C17H17BrN2O2. The zero-order valence-electron chi connectivity index (χ0n) is 12.1. The summed E-state index contributed by atoms with van der Waals surface area (Å²) >= 11 is 3.39. The highest BCUT2D eigenvalue weighted by atomic mass is 79.9. The SMILES string of the molecule is Nc1ncc(-c2ccc(C3CCOCC3)c(C=O)c2)cc1Br. The summed E-state index contributed by atoms with van der Waals surface area (Å²) in [5, 5.41) is 0. The normalized spacial score (nSPS) is 15.7. The molecule has 1 fully saturated rings. The molecule has 1 saturated heterocycles. The molecule has 1 aromatic heterocycles. The van der Waals surface area contributed by atoms with Gasteiger partial charge in [0.05, 0.1) is 4.47 Å². The van der Waals surface area contributed by atoms with E-state index in [0.717, 1.165) is 59.1 Å². The van der Waals surface area contributed by atoms with E-state index < -0.39 is 0 Å². The van der Waals surface area contributed by atoms with Crippen LogP contribution in [-0.4, -0.2) is 24.5 Å². The van der Waals surface area contributed by atoms with Gasteiger partial charge in [0.2, 0.25) is 0 Å². The number of nitrogens with zero attached hydrogens (tertiary/aromatic N) is 1. The Balaban J connectivity index is 1.97. The van der Waals surface area contributed by atoms with Crippen molar-refractivity contribution in [3.63, 3.8) is 0 Å². The Morgan fingerprint density at radius 3 is 2.68 bits per heavy atom. The van der Waals surface area contributed by atoms with Crippen molar-refractivity contribution in [3.8, 4) is 11.1 Å². The molecule has 0 amide bonds. The highest BCUT2D eigenvalue weighted by Gasteiger charge is 2.19. The van der Waals surface area contributed by atoms with E-state index in [9.17, 15) is 4.79 Å². The second-order valence-electron chi connectivity index (χ2n) is 5.44. The fraction of sp³-hybridized carbons (Fsp3) is 0.294. The second-order valence-corrected chi connectivity index (χ2v) is 6.29. The molecule has 0 bridgehead atoms. The molecule has 4 nitrogen and oxygen atoms in total. The first-order chi connectivity index (χ1) is 10.7. The average Bonchev–Trinajstić information content (AvgIpc) is 2.57. The predicted octanol–water partition coefficient (Wildman–Crippen LogP) is 3.80. The smallest absolute Gasteiger partial charge is 0.150 e. The number of benzene rings is 1. The molecule has 3 rings (SSSR count). The summed E-state index contributed by atoms with van der Waals surface area (Å²) in [4.78, 5) is 15.6. The number of carbonyl (C=O) groups is 1. The van der Waals surface area contributed by atoms with E-state index in [1.54, 1.807) is 6.20 Å². The molecule has 1 aromatic carbocycles. The first kappa shape index (κ1) is 15.2. The number of halogens is 1. The van der Waals surface area contributed by atoms with Gasteiger partial charge < -0.3 is 10.5 Å². The summed E-state index contributed by atoms with van der Waals surface area (Å²) in [7, 11) is 0. The lowest BCUT2D eigenvalue weighted by Crippen LogP contribution is -2.15. The molecule has 114 valence electrons. The molecule has 0 radical (unpaired) electrons. The van der Waals surface area contributed by atoms with Gasteiger partial charge in [-0.2, -0.15) is 0 Å². The molecule has 0 atom stereocenters. The van der Waals surface area contributed by atoms with Crippen LogP contribution in [0.2, 0.25) is 0 Å². The van der Waals surface area contributed by atoms with Crippen molar-refractivity contribution in [2.45, 2.75) is 18.8 Å². The van der Waals surface area contributed by atoms with Gasteiger partial charge >= 0.3 is 0 Å².